The van der Waals surface area contributed by atoms with E-state index < -0.39 is 5.82 Å². The SMILES string of the molecule is CN(C)c1cc(N[C@H]2CC[C@@H](NC(=O)c3ccc(F)c(Cl)c3)CC2)nc(Cc2ccccc2)n1. The van der Waals surface area contributed by atoms with Crippen LogP contribution in [0.15, 0.2) is 54.6 Å². The number of amides is 1. The first-order chi connectivity index (χ1) is 16.4. The summed E-state index contributed by atoms with van der Waals surface area (Å²) in [6.45, 7) is 0. The van der Waals surface area contributed by atoms with Gasteiger partial charge in [0.25, 0.3) is 5.91 Å². The minimum Gasteiger partial charge on any atom is -0.367 e. The van der Waals surface area contributed by atoms with Gasteiger partial charge in [0.05, 0.1) is 5.02 Å². The molecule has 3 aromatic rings. The number of hydrogen-bond donors (Lipinski definition) is 2. The molecule has 0 atom stereocenters. The molecule has 0 saturated heterocycles. The Labute approximate surface area is 204 Å². The molecule has 178 valence electrons. The summed E-state index contributed by atoms with van der Waals surface area (Å²) in [6.07, 6.45) is 4.18. The minimum absolute atomic E-state index is 0.0471. The van der Waals surface area contributed by atoms with Gasteiger partial charge < -0.3 is 15.5 Å². The normalized spacial score (nSPS) is 17.8. The Morgan fingerprint density at radius 2 is 1.74 bits per heavy atom. The highest BCUT2D eigenvalue weighted by Crippen LogP contribution is 2.24. The molecule has 2 aromatic carbocycles. The first-order valence-electron chi connectivity index (χ1n) is 11.5. The van der Waals surface area contributed by atoms with Crippen molar-refractivity contribution in [1.82, 2.24) is 15.3 Å². The van der Waals surface area contributed by atoms with Crippen LogP contribution in [0.2, 0.25) is 5.02 Å². The van der Waals surface area contributed by atoms with Crippen LogP contribution in [0.4, 0.5) is 16.0 Å². The Hall–Kier alpha value is -3.19. The number of rotatable bonds is 7. The smallest absolute Gasteiger partial charge is 0.251 e. The zero-order chi connectivity index (χ0) is 24.1. The molecule has 1 aliphatic rings. The van der Waals surface area contributed by atoms with E-state index in [1.54, 1.807) is 0 Å². The fraction of sp³-hybridized carbons (Fsp3) is 0.346. The monoisotopic (exact) mass is 481 g/mol. The van der Waals surface area contributed by atoms with E-state index in [0.29, 0.717) is 12.0 Å². The van der Waals surface area contributed by atoms with E-state index in [1.807, 2.05) is 43.3 Å². The van der Waals surface area contributed by atoms with Crippen molar-refractivity contribution in [2.24, 2.45) is 0 Å². The molecule has 1 aliphatic carbocycles. The van der Waals surface area contributed by atoms with Gasteiger partial charge in [-0.3, -0.25) is 4.79 Å². The summed E-state index contributed by atoms with van der Waals surface area (Å²) in [4.78, 5) is 24.0. The third kappa shape index (κ3) is 6.23. The highest BCUT2D eigenvalue weighted by atomic mass is 35.5. The van der Waals surface area contributed by atoms with Gasteiger partial charge in [-0.05, 0) is 49.4 Å². The quantitative estimate of drug-likeness (QED) is 0.492. The van der Waals surface area contributed by atoms with E-state index in [-0.39, 0.29) is 23.0 Å². The van der Waals surface area contributed by atoms with Crippen LogP contribution < -0.4 is 15.5 Å². The number of carbonyl (C=O) groups is 1. The van der Waals surface area contributed by atoms with Crippen molar-refractivity contribution in [3.8, 4) is 0 Å². The molecule has 1 saturated carbocycles. The van der Waals surface area contributed by atoms with Crippen LogP contribution >= 0.6 is 11.6 Å². The first kappa shape index (κ1) is 24.0. The maximum atomic E-state index is 13.4. The summed E-state index contributed by atoms with van der Waals surface area (Å²) in [5.41, 5.74) is 1.54. The van der Waals surface area contributed by atoms with Crippen LogP contribution in [0.25, 0.3) is 0 Å². The number of nitrogens with zero attached hydrogens (tertiary/aromatic N) is 3. The van der Waals surface area contributed by atoms with Crippen LogP contribution in [0.1, 0.15) is 47.4 Å². The zero-order valence-corrected chi connectivity index (χ0v) is 20.1. The van der Waals surface area contributed by atoms with Crippen LogP contribution in [0.3, 0.4) is 0 Å². The molecule has 2 N–H and O–H groups in total. The average molecular weight is 482 g/mol. The summed E-state index contributed by atoms with van der Waals surface area (Å²) in [6, 6.07) is 16.5. The van der Waals surface area contributed by atoms with Gasteiger partial charge in [0.2, 0.25) is 0 Å². The van der Waals surface area contributed by atoms with E-state index >= 15 is 0 Å². The van der Waals surface area contributed by atoms with Crippen molar-refractivity contribution in [3.05, 3.63) is 82.4 Å². The molecule has 34 heavy (non-hydrogen) atoms. The van der Waals surface area contributed by atoms with Crippen LogP contribution in [-0.2, 0) is 6.42 Å². The summed E-state index contributed by atoms with van der Waals surface area (Å²) >= 11 is 5.81. The van der Waals surface area contributed by atoms with Gasteiger partial charge in [-0.2, -0.15) is 0 Å². The summed E-state index contributed by atoms with van der Waals surface area (Å²) in [7, 11) is 3.95. The molecule has 4 rings (SSSR count). The van der Waals surface area contributed by atoms with Gasteiger partial charge in [-0.15, -0.1) is 0 Å². The number of carbonyl (C=O) groups excluding carboxylic acids is 1. The third-order valence-electron chi connectivity index (χ3n) is 6.02. The summed E-state index contributed by atoms with van der Waals surface area (Å²) < 4.78 is 13.4. The molecular formula is C26H29ClFN5O. The van der Waals surface area contributed by atoms with Crippen molar-refractivity contribution < 1.29 is 9.18 Å². The number of benzene rings is 2. The first-order valence-corrected chi connectivity index (χ1v) is 11.9. The molecule has 6 nitrogen and oxygen atoms in total. The van der Waals surface area contributed by atoms with E-state index in [0.717, 1.165) is 43.1 Å². The molecular weight excluding hydrogens is 453 g/mol. The summed E-state index contributed by atoms with van der Waals surface area (Å²) in [5, 5.41) is 6.57. The summed E-state index contributed by atoms with van der Waals surface area (Å²) in [5.74, 6) is 1.70. The predicted octanol–water partition coefficient (Wildman–Crippen LogP) is 5.08. The lowest BCUT2D eigenvalue weighted by Crippen LogP contribution is -2.40. The van der Waals surface area contributed by atoms with Gasteiger partial charge in [0, 0.05) is 44.2 Å². The van der Waals surface area contributed by atoms with Gasteiger partial charge in [-0.1, -0.05) is 41.9 Å². The highest BCUT2D eigenvalue weighted by molar-refractivity contribution is 6.31. The Balaban J connectivity index is 1.35. The number of halogens is 2. The standard InChI is InChI=1S/C26H29ClFN5O/c1-33(2)25-16-24(31-23(32-25)14-17-6-4-3-5-7-17)29-19-9-11-20(12-10-19)30-26(34)18-8-13-22(28)21(27)15-18/h3-8,13,15-16,19-20H,9-12,14H2,1-2H3,(H,30,34)(H,29,31,32)/t19-,20+. The second-order valence-electron chi connectivity index (χ2n) is 8.88. The fourth-order valence-electron chi connectivity index (χ4n) is 4.14. The van der Waals surface area contributed by atoms with Gasteiger partial charge in [-0.25, -0.2) is 14.4 Å². The largest absolute Gasteiger partial charge is 0.367 e. The van der Waals surface area contributed by atoms with E-state index in [1.165, 1.54) is 23.8 Å². The molecule has 0 unspecified atom stereocenters. The molecule has 1 amide bonds. The molecule has 0 spiro atoms. The predicted molar refractivity (Wildman–Crippen MR) is 134 cm³/mol. The van der Waals surface area contributed by atoms with Crippen LogP contribution in [0, 0.1) is 5.82 Å². The van der Waals surface area contributed by atoms with Crippen molar-refractivity contribution in [2.45, 2.75) is 44.2 Å². The van der Waals surface area contributed by atoms with E-state index in [4.69, 9.17) is 21.6 Å². The van der Waals surface area contributed by atoms with Crippen molar-refractivity contribution in [2.75, 3.05) is 24.3 Å². The second-order valence-corrected chi connectivity index (χ2v) is 9.29. The lowest BCUT2D eigenvalue weighted by molar-refractivity contribution is 0.0926. The zero-order valence-electron chi connectivity index (χ0n) is 19.4. The van der Waals surface area contributed by atoms with Crippen LogP contribution in [-0.4, -0.2) is 42.1 Å². The third-order valence-corrected chi connectivity index (χ3v) is 6.31. The van der Waals surface area contributed by atoms with Gasteiger partial charge in [0.1, 0.15) is 23.3 Å². The fourth-order valence-corrected chi connectivity index (χ4v) is 4.32. The molecule has 0 aliphatic heterocycles. The Bertz CT molecular complexity index is 1130. The molecule has 0 bridgehead atoms. The molecule has 1 heterocycles. The molecule has 0 radical (unpaired) electrons. The number of anilines is 2. The lowest BCUT2D eigenvalue weighted by atomic mass is 9.91. The number of hydrogen-bond acceptors (Lipinski definition) is 5. The molecule has 1 fully saturated rings. The van der Waals surface area contributed by atoms with Crippen molar-refractivity contribution in [1.29, 1.82) is 0 Å². The maximum Gasteiger partial charge on any atom is 0.251 e. The molecule has 8 heteroatoms. The van der Waals surface area contributed by atoms with Crippen molar-refractivity contribution in [3.63, 3.8) is 0 Å². The number of nitrogens with one attached hydrogen (secondary N) is 2. The highest BCUT2D eigenvalue weighted by Gasteiger charge is 2.23. The topological polar surface area (TPSA) is 70.2 Å². The van der Waals surface area contributed by atoms with E-state index in [2.05, 4.69) is 22.8 Å². The Morgan fingerprint density at radius 3 is 2.41 bits per heavy atom. The minimum atomic E-state index is -0.529. The lowest BCUT2D eigenvalue weighted by Gasteiger charge is -2.30. The Morgan fingerprint density at radius 1 is 1.03 bits per heavy atom. The van der Waals surface area contributed by atoms with E-state index in [9.17, 15) is 9.18 Å². The maximum absolute atomic E-state index is 13.4. The van der Waals surface area contributed by atoms with Crippen LogP contribution in [0.5, 0.6) is 0 Å². The van der Waals surface area contributed by atoms with Gasteiger partial charge in [0.15, 0.2) is 0 Å². The number of aromatic nitrogens is 2. The Kier molecular flexibility index (Phi) is 7.63. The molecule has 1 aromatic heterocycles. The average Bonchev–Trinajstić information content (AvgIpc) is 2.82. The van der Waals surface area contributed by atoms with Crippen molar-refractivity contribution >= 4 is 29.1 Å². The second kappa shape index (κ2) is 10.8. The van der Waals surface area contributed by atoms with Gasteiger partial charge >= 0.3 is 0 Å².